The van der Waals surface area contributed by atoms with Gasteiger partial charge in [-0.25, -0.2) is 17.5 Å². The topological polar surface area (TPSA) is 66.5 Å². The molecule has 0 aromatic heterocycles. The van der Waals surface area contributed by atoms with Crippen molar-refractivity contribution in [3.63, 3.8) is 0 Å². The monoisotopic (exact) mass is 352 g/mol. The molecule has 1 aromatic carbocycles. The predicted molar refractivity (Wildman–Crippen MR) is 72.6 cm³/mol. The van der Waals surface area contributed by atoms with Crippen LogP contribution in [0.25, 0.3) is 0 Å². The molecule has 0 saturated heterocycles. The average Bonchev–Trinajstić information content (AvgIpc) is 2.38. The molecule has 0 aliphatic carbocycles. The summed E-state index contributed by atoms with van der Waals surface area (Å²) < 4.78 is 39.3. The molecule has 0 heterocycles. The summed E-state index contributed by atoms with van der Waals surface area (Å²) in [5.74, 6) is -1.04. The van der Waals surface area contributed by atoms with Crippen LogP contribution in [-0.4, -0.2) is 39.4 Å². The first-order chi connectivity index (χ1) is 8.77. The molecule has 8 heteroatoms. The Balaban J connectivity index is 2.82. The van der Waals surface area contributed by atoms with Crippen molar-refractivity contribution in [2.24, 2.45) is 0 Å². The molecule has 0 radical (unpaired) electrons. The van der Waals surface area contributed by atoms with Gasteiger partial charge in [0.25, 0.3) is 0 Å². The molecule has 0 aliphatic rings. The van der Waals surface area contributed by atoms with Crippen LogP contribution in [0, 0.1) is 5.82 Å². The number of amides is 1. The Hall–Kier alpha value is -0.990. The highest BCUT2D eigenvalue weighted by Gasteiger charge is 2.18. The number of rotatable bonds is 5. The van der Waals surface area contributed by atoms with Gasteiger partial charge in [-0.1, -0.05) is 0 Å². The first-order valence-corrected chi connectivity index (χ1v) is 7.74. The van der Waals surface area contributed by atoms with E-state index in [-0.39, 0.29) is 21.8 Å². The molecule has 0 fully saturated rings. The van der Waals surface area contributed by atoms with E-state index in [0.29, 0.717) is 6.54 Å². The van der Waals surface area contributed by atoms with Crippen LogP contribution < -0.4 is 4.72 Å². The average molecular weight is 353 g/mol. The van der Waals surface area contributed by atoms with E-state index < -0.39 is 15.8 Å². The first-order valence-electron chi connectivity index (χ1n) is 5.46. The van der Waals surface area contributed by atoms with E-state index in [1.165, 1.54) is 17.0 Å². The second kappa shape index (κ2) is 6.44. The van der Waals surface area contributed by atoms with Crippen LogP contribution in [0.5, 0.6) is 0 Å². The van der Waals surface area contributed by atoms with E-state index in [0.717, 1.165) is 6.07 Å². The normalized spacial score (nSPS) is 11.4. The smallest absolute Gasteiger partial charge is 0.241 e. The fraction of sp³-hybridized carbons (Fsp3) is 0.364. The van der Waals surface area contributed by atoms with E-state index in [4.69, 9.17) is 0 Å². The van der Waals surface area contributed by atoms with Crippen molar-refractivity contribution in [1.29, 1.82) is 0 Å². The fourth-order valence-corrected chi connectivity index (χ4v) is 2.43. The molecular formula is C11H14BrFN2O3S. The Morgan fingerprint density at radius 1 is 1.47 bits per heavy atom. The van der Waals surface area contributed by atoms with Crippen LogP contribution in [0.3, 0.4) is 0 Å². The maximum Gasteiger partial charge on any atom is 0.241 e. The zero-order valence-electron chi connectivity index (χ0n) is 10.5. The predicted octanol–water partition coefficient (Wildman–Crippen LogP) is 1.34. The van der Waals surface area contributed by atoms with E-state index in [1.54, 1.807) is 14.0 Å². The minimum Gasteiger partial charge on any atom is -0.345 e. The Morgan fingerprint density at radius 3 is 2.63 bits per heavy atom. The molecule has 0 saturated carbocycles. The van der Waals surface area contributed by atoms with E-state index in [1.807, 2.05) is 0 Å². The van der Waals surface area contributed by atoms with Crippen LogP contribution in [0.4, 0.5) is 4.39 Å². The first kappa shape index (κ1) is 16.1. The number of carbonyl (C=O) groups excluding carboxylic acids is 1. The van der Waals surface area contributed by atoms with Crippen LogP contribution >= 0.6 is 15.9 Å². The van der Waals surface area contributed by atoms with Gasteiger partial charge in [0.05, 0.1) is 15.9 Å². The van der Waals surface area contributed by atoms with Crippen molar-refractivity contribution in [2.75, 3.05) is 20.1 Å². The lowest BCUT2D eigenvalue weighted by Gasteiger charge is -2.14. The molecule has 1 N–H and O–H groups in total. The number of nitrogens with one attached hydrogen (secondary N) is 1. The third-order valence-electron chi connectivity index (χ3n) is 2.51. The van der Waals surface area contributed by atoms with Gasteiger partial charge in [0.2, 0.25) is 15.9 Å². The molecule has 19 heavy (non-hydrogen) atoms. The summed E-state index contributed by atoms with van der Waals surface area (Å²) in [5, 5.41) is 0. The standard InChI is InChI=1S/C11H14BrFN2O3S/c1-3-15(2)11(16)7-14-19(17,18)8-4-5-9(12)10(13)6-8/h4-6,14H,3,7H2,1-2H3. The van der Waals surface area contributed by atoms with Gasteiger partial charge in [0, 0.05) is 13.6 Å². The molecule has 106 valence electrons. The number of hydrogen-bond acceptors (Lipinski definition) is 3. The Kier molecular flexibility index (Phi) is 5.45. The summed E-state index contributed by atoms with van der Waals surface area (Å²) >= 11 is 2.94. The highest BCUT2D eigenvalue weighted by molar-refractivity contribution is 9.10. The maximum atomic E-state index is 13.3. The molecular weight excluding hydrogens is 339 g/mol. The molecule has 1 amide bonds. The van der Waals surface area contributed by atoms with Gasteiger partial charge in [0.15, 0.2) is 0 Å². The summed E-state index contributed by atoms with van der Waals surface area (Å²) in [6, 6.07) is 3.44. The number of likely N-dealkylation sites (N-methyl/N-ethyl adjacent to an activating group) is 1. The van der Waals surface area contributed by atoms with Gasteiger partial charge >= 0.3 is 0 Å². The van der Waals surface area contributed by atoms with Crippen molar-refractivity contribution < 1.29 is 17.6 Å². The number of hydrogen-bond donors (Lipinski definition) is 1. The van der Waals surface area contributed by atoms with Crippen molar-refractivity contribution in [3.05, 3.63) is 28.5 Å². The summed E-state index contributed by atoms with van der Waals surface area (Å²) in [6.45, 7) is 1.90. The number of nitrogens with zero attached hydrogens (tertiary/aromatic N) is 1. The lowest BCUT2D eigenvalue weighted by molar-refractivity contribution is -0.128. The summed E-state index contributed by atoms with van der Waals surface area (Å²) in [5.41, 5.74) is 0. The molecule has 1 rings (SSSR count). The van der Waals surface area contributed by atoms with Crippen molar-refractivity contribution in [2.45, 2.75) is 11.8 Å². The van der Waals surface area contributed by atoms with Crippen LogP contribution in [0.15, 0.2) is 27.6 Å². The van der Waals surface area contributed by atoms with Gasteiger partial charge in [0.1, 0.15) is 5.82 Å². The van der Waals surface area contributed by atoms with Gasteiger partial charge in [-0.05, 0) is 41.1 Å². The number of benzene rings is 1. The highest BCUT2D eigenvalue weighted by Crippen LogP contribution is 2.19. The number of carbonyl (C=O) groups is 1. The third kappa shape index (κ3) is 4.26. The Morgan fingerprint density at radius 2 is 2.11 bits per heavy atom. The zero-order chi connectivity index (χ0) is 14.6. The van der Waals surface area contributed by atoms with Crippen LogP contribution in [0.1, 0.15) is 6.92 Å². The molecule has 5 nitrogen and oxygen atoms in total. The Labute approximate surface area is 120 Å². The molecule has 0 unspecified atom stereocenters. The lowest BCUT2D eigenvalue weighted by Crippen LogP contribution is -2.37. The van der Waals surface area contributed by atoms with E-state index >= 15 is 0 Å². The van der Waals surface area contributed by atoms with Crippen molar-refractivity contribution >= 4 is 31.9 Å². The fourth-order valence-electron chi connectivity index (χ4n) is 1.20. The quantitative estimate of drug-likeness (QED) is 0.869. The van der Waals surface area contributed by atoms with Gasteiger partial charge in [-0.2, -0.15) is 0 Å². The molecule has 0 bridgehead atoms. The molecule has 0 spiro atoms. The largest absolute Gasteiger partial charge is 0.345 e. The van der Waals surface area contributed by atoms with Crippen molar-refractivity contribution in [1.82, 2.24) is 9.62 Å². The van der Waals surface area contributed by atoms with Crippen molar-refractivity contribution in [3.8, 4) is 0 Å². The van der Waals surface area contributed by atoms with Gasteiger partial charge in [-0.3, -0.25) is 4.79 Å². The SMILES string of the molecule is CCN(C)C(=O)CNS(=O)(=O)c1ccc(Br)c(F)c1. The Bertz CT molecular complexity index is 577. The molecule has 0 atom stereocenters. The van der Waals surface area contributed by atoms with Gasteiger partial charge in [-0.15, -0.1) is 0 Å². The summed E-state index contributed by atoms with van der Waals surface area (Å²) in [4.78, 5) is 12.6. The second-order valence-corrected chi connectivity index (χ2v) is 6.43. The molecule has 0 aliphatic heterocycles. The summed E-state index contributed by atoms with van der Waals surface area (Å²) in [6.07, 6.45) is 0. The summed E-state index contributed by atoms with van der Waals surface area (Å²) in [7, 11) is -2.33. The van der Waals surface area contributed by atoms with Gasteiger partial charge < -0.3 is 4.90 Å². The highest BCUT2D eigenvalue weighted by atomic mass is 79.9. The van der Waals surface area contributed by atoms with E-state index in [2.05, 4.69) is 20.7 Å². The number of halogens is 2. The maximum absolute atomic E-state index is 13.3. The minimum absolute atomic E-state index is 0.174. The van der Waals surface area contributed by atoms with Crippen LogP contribution in [-0.2, 0) is 14.8 Å². The van der Waals surface area contributed by atoms with E-state index in [9.17, 15) is 17.6 Å². The minimum atomic E-state index is -3.89. The number of sulfonamides is 1. The van der Waals surface area contributed by atoms with Crippen LogP contribution in [0.2, 0.25) is 0 Å². The third-order valence-corrected chi connectivity index (χ3v) is 4.56. The second-order valence-electron chi connectivity index (χ2n) is 3.81. The lowest BCUT2D eigenvalue weighted by atomic mass is 10.3. The molecule has 1 aromatic rings. The zero-order valence-corrected chi connectivity index (χ0v) is 12.9.